The van der Waals surface area contributed by atoms with Crippen LogP contribution < -0.4 is 0 Å². The van der Waals surface area contributed by atoms with Crippen molar-refractivity contribution in [3.63, 3.8) is 0 Å². The Morgan fingerprint density at radius 1 is 1.11 bits per heavy atom. The molecule has 0 amide bonds. The van der Waals surface area contributed by atoms with Crippen LogP contribution in [0.3, 0.4) is 0 Å². The Bertz CT molecular complexity index is 838. The lowest BCUT2D eigenvalue weighted by Gasteiger charge is -2.46. The standard InChI is InChI=1S/C26H38OSi/c1-18-8-9-19-10-11-22-20(17-21(19)16-18)14-15-26(5)23(22)12-13-24(26)27-28(6,7)25(2,3)4/h8-11,16,23-24H,12-15,17H2,1-7H3/t23-,24-,26-/m0/s1. The highest BCUT2D eigenvalue weighted by Crippen LogP contribution is 2.57. The molecule has 1 aromatic carbocycles. The summed E-state index contributed by atoms with van der Waals surface area (Å²) in [5, 5.41) is 0.280. The van der Waals surface area contributed by atoms with Crippen molar-refractivity contribution in [1.29, 1.82) is 0 Å². The molecule has 152 valence electrons. The Balaban J connectivity index is 1.63. The minimum atomic E-state index is -1.74. The molecule has 0 saturated heterocycles. The van der Waals surface area contributed by atoms with Gasteiger partial charge in [0.2, 0.25) is 0 Å². The van der Waals surface area contributed by atoms with Crippen LogP contribution >= 0.6 is 0 Å². The lowest BCUT2D eigenvalue weighted by atomic mass is 9.65. The lowest BCUT2D eigenvalue weighted by Crippen LogP contribution is -2.48. The topological polar surface area (TPSA) is 9.23 Å². The van der Waals surface area contributed by atoms with E-state index >= 15 is 0 Å². The van der Waals surface area contributed by atoms with Crippen LogP contribution in [0.15, 0.2) is 35.4 Å². The SMILES string of the molecule is Cc1ccc2c(c1)CC1=C(C=C2)[C@@H]2CC[C@H](O[Si](C)(C)C(C)(C)C)[C@@]2(C)CC1. The largest absolute Gasteiger partial charge is 0.413 e. The van der Waals surface area contributed by atoms with Gasteiger partial charge in [0.25, 0.3) is 0 Å². The van der Waals surface area contributed by atoms with Gasteiger partial charge in [-0.2, -0.15) is 0 Å². The summed E-state index contributed by atoms with van der Waals surface area (Å²) in [4.78, 5) is 0. The van der Waals surface area contributed by atoms with E-state index in [1.807, 2.05) is 0 Å². The van der Waals surface area contributed by atoms with E-state index in [4.69, 9.17) is 4.43 Å². The summed E-state index contributed by atoms with van der Waals surface area (Å²) in [5.74, 6) is 0.665. The second-order valence-corrected chi connectivity index (χ2v) is 16.0. The second kappa shape index (κ2) is 6.70. The van der Waals surface area contributed by atoms with Gasteiger partial charge in [-0.25, -0.2) is 0 Å². The van der Waals surface area contributed by atoms with Gasteiger partial charge in [0, 0.05) is 0 Å². The van der Waals surface area contributed by atoms with Gasteiger partial charge in [-0.1, -0.05) is 69.2 Å². The molecule has 0 aliphatic heterocycles. The van der Waals surface area contributed by atoms with Crippen LogP contribution in [-0.4, -0.2) is 14.4 Å². The van der Waals surface area contributed by atoms with Crippen molar-refractivity contribution in [2.45, 2.75) is 91.0 Å². The van der Waals surface area contributed by atoms with Crippen molar-refractivity contribution < 1.29 is 4.43 Å². The van der Waals surface area contributed by atoms with Crippen LogP contribution in [0.4, 0.5) is 0 Å². The summed E-state index contributed by atoms with van der Waals surface area (Å²) >= 11 is 0. The van der Waals surface area contributed by atoms with E-state index in [1.54, 1.807) is 11.1 Å². The maximum Gasteiger partial charge on any atom is 0.192 e. The summed E-state index contributed by atoms with van der Waals surface area (Å²) in [5.41, 5.74) is 7.93. The Hall–Kier alpha value is -1.12. The summed E-state index contributed by atoms with van der Waals surface area (Å²) in [6.45, 7) is 16.7. The highest BCUT2D eigenvalue weighted by molar-refractivity contribution is 6.74. The number of hydrogen-bond acceptors (Lipinski definition) is 1. The molecule has 1 saturated carbocycles. The monoisotopic (exact) mass is 394 g/mol. The zero-order valence-corrected chi connectivity index (χ0v) is 20.0. The molecule has 1 nitrogen and oxygen atoms in total. The third-order valence-corrected chi connectivity index (χ3v) is 12.9. The first-order chi connectivity index (χ1) is 13.0. The molecular weight excluding hydrogens is 356 g/mol. The van der Waals surface area contributed by atoms with Crippen LogP contribution in [-0.2, 0) is 10.8 Å². The lowest BCUT2D eigenvalue weighted by molar-refractivity contribution is 0.0458. The summed E-state index contributed by atoms with van der Waals surface area (Å²) in [6.07, 6.45) is 11.4. The third-order valence-electron chi connectivity index (χ3n) is 8.39. The van der Waals surface area contributed by atoms with Crippen molar-refractivity contribution in [2.24, 2.45) is 11.3 Å². The van der Waals surface area contributed by atoms with Crippen molar-refractivity contribution in [3.8, 4) is 0 Å². The summed E-state index contributed by atoms with van der Waals surface area (Å²) in [6, 6.07) is 6.94. The molecule has 0 N–H and O–H groups in total. The average Bonchev–Trinajstić information content (AvgIpc) is 2.80. The molecule has 0 unspecified atom stereocenters. The zero-order chi connectivity index (χ0) is 20.3. The molecule has 0 spiro atoms. The van der Waals surface area contributed by atoms with Crippen molar-refractivity contribution in [1.82, 2.24) is 0 Å². The fourth-order valence-corrected chi connectivity index (χ4v) is 6.92. The van der Waals surface area contributed by atoms with E-state index in [0.717, 1.165) is 6.42 Å². The van der Waals surface area contributed by atoms with Gasteiger partial charge in [0.1, 0.15) is 0 Å². The Labute approximate surface area is 173 Å². The predicted molar refractivity (Wildman–Crippen MR) is 123 cm³/mol. The van der Waals surface area contributed by atoms with Gasteiger partial charge in [-0.3, -0.25) is 0 Å². The maximum atomic E-state index is 7.02. The Morgan fingerprint density at radius 2 is 1.86 bits per heavy atom. The van der Waals surface area contributed by atoms with Gasteiger partial charge < -0.3 is 4.43 Å². The number of fused-ring (bicyclic) bond motifs is 3. The van der Waals surface area contributed by atoms with Crippen LogP contribution in [0.25, 0.3) is 6.08 Å². The van der Waals surface area contributed by atoms with Gasteiger partial charge in [-0.15, -0.1) is 0 Å². The van der Waals surface area contributed by atoms with Crippen LogP contribution in [0, 0.1) is 18.3 Å². The normalized spacial score (nSPS) is 30.0. The van der Waals surface area contributed by atoms with E-state index in [9.17, 15) is 0 Å². The highest BCUT2D eigenvalue weighted by atomic mass is 28.4. The average molecular weight is 395 g/mol. The quantitative estimate of drug-likeness (QED) is 0.473. The molecule has 28 heavy (non-hydrogen) atoms. The molecule has 3 atom stereocenters. The Morgan fingerprint density at radius 3 is 2.57 bits per heavy atom. The van der Waals surface area contributed by atoms with Gasteiger partial charge in [0.15, 0.2) is 8.32 Å². The van der Waals surface area contributed by atoms with E-state index in [0.29, 0.717) is 17.4 Å². The first-order valence-electron chi connectivity index (χ1n) is 11.2. The first-order valence-corrected chi connectivity index (χ1v) is 14.1. The number of rotatable bonds is 2. The molecule has 3 aliphatic rings. The molecule has 0 bridgehead atoms. The van der Waals surface area contributed by atoms with E-state index in [-0.39, 0.29) is 5.04 Å². The molecule has 3 aliphatic carbocycles. The molecule has 0 radical (unpaired) electrons. The van der Waals surface area contributed by atoms with Crippen molar-refractivity contribution >= 4 is 14.4 Å². The number of aryl methyl sites for hydroxylation is 1. The van der Waals surface area contributed by atoms with Crippen LogP contribution in [0.1, 0.15) is 70.1 Å². The van der Waals surface area contributed by atoms with Gasteiger partial charge in [0.05, 0.1) is 6.10 Å². The van der Waals surface area contributed by atoms with Crippen LogP contribution in [0.5, 0.6) is 0 Å². The van der Waals surface area contributed by atoms with Crippen LogP contribution in [0.2, 0.25) is 18.1 Å². The van der Waals surface area contributed by atoms with E-state index in [2.05, 4.69) is 78.1 Å². The fraction of sp³-hybridized carbons (Fsp3) is 0.615. The van der Waals surface area contributed by atoms with E-state index < -0.39 is 8.32 Å². The smallest absolute Gasteiger partial charge is 0.192 e. The van der Waals surface area contributed by atoms with Gasteiger partial charge >= 0.3 is 0 Å². The molecular formula is C26H38OSi. The summed E-state index contributed by atoms with van der Waals surface area (Å²) < 4.78 is 7.02. The highest BCUT2D eigenvalue weighted by Gasteiger charge is 2.53. The molecule has 4 rings (SSSR count). The molecule has 0 aromatic heterocycles. The predicted octanol–water partition coefficient (Wildman–Crippen LogP) is 7.46. The Kier molecular flexibility index (Phi) is 4.83. The summed E-state index contributed by atoms with van der Waals surface area (Å²) in [7, 11) is -1.74. The van der Waals surface area contributed by atoms with Crippen molar-refractivity contribution in [2.75, 3.05) is 0 Å². The zero-order valence-electron chi connectivity index (χ0n) is 19.0. The number of benzene rings is 1. The second-order valence-electron chi connectivity index (χ2n) is 11.3. The van der Waals surface area contributed by atoms with Gasteiger partial charge in [-0.05, 0) is 85.2 Å². The molecule has 1 aromatic rings. The van der Waals surface area contributed by atoms with E-state index in [1.165, 1.54) is 42.4 Å². The number of hydrogen-bond donors (Lipinski definition) is 0. The minimum Gasteiger partial charge on any atom is -0.413 e. The first kappa shape index (κ1) is 20.2. The maximum absolute atomic E-state index is 7.02. The fourth-order valence-electron chi connectivity index (χ4n) is 5.47. The minimum absolute atomic E-state index is 0.280. The van der Waals surface area contributed by atoms with Crippen molar-refractivity contribution in [3.05, 3.63) is 52.1 Å². The molecule has 0 heterocycles. The molecule has 1 fully saturated rings. The third kappa shape index (κ3) is 3.27. The number of allylic oxidation sites excluding steroid dienone is 3. The molecule has 2 heteroatoms.